The molecule has 0 aliphatic heterocycles. The van der Waals surface area contributed by atoms with Gasteiger partial charge in [-0.1, -0.05) is 142 Å². The maximum absolute atomic E-state index is 2.87. The van der Waals surface area contributed by atoms with E-state index in [2.05, 4.69) is 116 Å². The van der Waals surface area contributed by atoms with Crippen molar-refractivity contribution in [2.45, 2.75) is 149 Å². The molecule has 0 amide bonds. The van der Waals surface area contributed by atoms with Crippen LogP contribution in [0.2, 0.25) is 0 Å². The molecule has 34 heavy (non-hydrogen) atoms. The lowest BCUT2D eigenvalue weighted by Crippen LogP contribution is -2.99. The fourth-order valence-electron chi connectivity index (χ4n) is 6.02. The zero-order valence-electron chi connectivity index (χ0n) is 23.5. The standard InChI is InChI=1S/C30H56I2N2/c1-7-11-15-17-21-28(33-5,20-13-9-3)26-19-24-30(32,27(31)25-26)29(34-6,22-14-10-4)23-18-16-12-8-2/h19,24-25,27,33-34H,7-18,20-23H2,1-6H3/p+2. The summed E-state index contributed by atoms with van der Waals surface area (Å²) in [5, 5.41) is 5.17. The minimum absolute atomic E-state index is 0.164. The molecule has 0 saturated carbocycles. The van der Waals surface area contributed by atoms with Gasteiger partial charge >= 0.3 is 0 Å². The smallest absolute Gasteiger partial charge is 0.121 e. The Bertz CT molecular complexity index is 605. The van der Waals surface area contributed by atoms with E-state index in [9.17, 15) is 0 Å². The van der Waals surface area contributed by atoms with Crippen LogP contribution in [-0.2, 0) is 0 Å². The summed E-state index contributed by atoms with van der Waals surface area (Å²) in [6.07, 6.45) is 29.3. The average molecular weight is 701 g/mol. The second-order valence-electron chi connectivity index (χ2n) is 10.8. The summed E-state index contributed by atoms with van der Waals surface area (Å²) >= 11 is 5.67. The molecule has 0 aromatic rings. The van der Waals surface area contributed by atoms with Crippen LogP contribution < -0.4 is 10.6 Å². The van der Waals surface area contributed by atoms with Gasteiger partial charge in [0.1, 0.15) is 14.5 Å². The highest BCUT2D eigenvalue weighted by atomic mass is 127. The Balaban J connectivity index is 3.24. The minimum Gasteiger partial charge on any atom is -0.342 e. The van der Waals surface area contributed by atoms with Crippen LogP contribution in [0.1, 0.15) is 130 Å². The summed E-state index contributed by atoms with van der Waals surface area (Å²) in [7, 11) is 4.68. The highest BCUT2D eigenvalue weighted by Gasteiger charge is 2.55. The molecule has 0 bridgehead atoms. The Morgan fingerprint density at radius 3 is 1.74 bits per heavy atom. The molecular weight excluding hydrogens is 642 g/mol. The van der Waals surface area contributed by atoms with Gasteiger partial charge in [-0.3, -0.25) is 0 Å². The first-order chi connectivity index (χ1) is 16.3. The quantitative estimate of drug-likeness (QED) is 0.0744. The molecule has 0 aromatic carbocycles. The second kappa shape index (κ2) is 17.4. The zero-order valence-corrected chi connectivity index (χ0v) is 27.8. The topological polar surface area (TPSA) is 33.2 Å². The fraction of sp³-hybridized carbons (Fsp3) is 0.867. The Hall–Kier alpha value is 0.860. The molecule has 0 aromatic heterocycles. The number of rotatable bonds is 20. The molecule has 1 rings (SSSR count). The Morgan fingerprint density at radius 2 is 1.24 bits per heavy atom. The molecule has 2 nitrogen and oxygen atoms in total. The second-order valence-corrected chi connectivity index (χ2v) is 14.0. The van der Waals surface area contributed by atoms with Crippen LogP contribution in [0, 0.1) is 0 Å². The third-order valence-corrected chi connectivity index (χ3v) is 13.2. The summed E-state index contributed by atoms with van der Waals surface area (Å²) in [6, 6.07) is 0. The van der Waals surface area contributed by atoms with Crippen molar-refractivity contribution in [2.24, 2.45) is 0 Å². The Labute approximate surface area is 241 Å². The van der Waals surface area contributed by atoms with Gasteiger partial charge in [0.2, 0.25) is 0 Å². The predicted molar refractivity (Wildman–Crippen MR) is 170 cm³/mol. The van der Waals surface area contributed by atoms with Crippen LogP contribution in [-0.4, -0.2) is 32.5 Å². The first kappa shape index (κ1) is 32.9. The van der Waals surface area contributed by atoms with Crippen LogP contribution in [0.15, 0.2) is 23.8 Å². The monoisotopic (exact) mass is 700 g/mol. The van der Waals surface area contributed by atoms with Crippen molar-refractivity contribution >= 4 is 45.2 Å². The van der Waals surface area contributed by atoms with Crippen molar-refractivity contribution in [1.82, 2.24) is 0 Å². The van der Waals surface area contributed by atoms with Gasteiger partial charge in [0, 0.05) is 31.3 Å². The molecule has 0 saturated heterocycles. The summed E-state index contributed by atoms with van der Waals surface area (Å²) < 4.78 is 0.693. The molecule has 4 N–H and O–H groups in total. The van der Waals surface area contributed by atoms with Gasteiger partial charge in [0.05, 0.1) is 18.0 Å². The van der Waals surface area contributed by atoms with E-state index in [1.165, 1.54) is 103 Å². The van der Waals surface area contributed by atoms with E-state index >= 15 is 0 Å². The third-order valence-electron chi connectivity index (χ3n) is 8.58. The van der Waals surface area contributed by atoms with Gasteiger partial charge < -0.3 is 10.6 Å². The average Bonchev–Trinajstić information content (AvgIpc) is 2.85. The number of alkyl halides is 2. The van der Waals surface area contributed by atoms with Gasteiger partial charge in [-0.25, -0.2) is 0 Å². The van der Waals surface area contributed by atoms with Crippen molar-refractivity contribution in [2.75, 3.05) is 14.1 Å². The number of halogens is 2. The normalized spacial score (nSPS) is 24.0. The molecule has 1 aliphatic rings. The van der Waals surface area contributed by atoms with Gasteiger partial charge in [0.15, 0.2) is 0 Å². The number of nitrogens with two attached hydrogens (primary N) is 2. The fourth-order valence-corrected chi connectivity index (χ4v) is 8.44. The number of allylic oxidation sites excluding steroid dienone is 1. The molecule has 0 spiro atoms. The van der Waals surface area contributed by atoms with E-state index in [0.717, 1.165) is 0 Å². The maximum Gasteiger partial charge on any atom is 0.121 e. The molecular formula is C30H58I2N2+2. The van der Waals surface area contributed by atoms with Crippen molar-refractivity contribution in [1.29, 1.82) is 0 Å². The lowest BCUT2D eigenvalue weighted by atomic mass is 9.70. The first-order valence-electron chi connectivity index (χ1n) is 14.7. The number of quaternary nitrogens is 2. The van der Waals surface area contributed by atoms with Crippen molar-refractivity contribution in [3.05, 3.63) is 23.8 Å². The van der Waals surface area contributed by atoms with Gasteiger partial charge in [-0.2, -0.15) is 0 Å². The molecule has 0 fully saturated rings. The zero-order chi connectivity index (χ0) is 25.5. The van der Waals surface area contributed by atoms with Crippen LogP contribution in [0.3, 0.4) is 0 Å². The molecule has 1 aliphatic carbocycles. The highest BCUT2D eigenvalue weighted by Crippen LogP contribution is 2.48. The predicted octanol–water partition coefficient (Wildman–Crippen LogP) is 7.65. The summed E-state index contributed by atoms with van der Waals surface area (Å²) in [6.45, 7) is 9.34. The summed E-state index contributed by atoms with van der Waals surface area (Å²) in [5.74, 6) is 0. The Kier molecular flexibility index (Phi) is 16.8. The molecule has 4 unspecified atom stereocenters. The molecule has 0 heterocycles. The van der Waals surface area contributed by atoms with Crippen molar-refractivity contribution < 1.29 is 10.6 Å². The SMILES string of the molecule is CCCCCCC(CCCC)([NH2+]C)C1=CC(I)C(I)(C(CCCC)(CCCCCC)[NH2+]C)C=C1. The van der Waals surface area contributed by atoms with E-state index in [0.29, 0.717) is 3.92 Å². The van der Waals surface area contributed by atoms with Gasteiger partial charge in [-0.05, 0) is 25.7 Å². The van der Waals surface area contributed by atoms with E-state index in [-0.39, 0.29) is 14.5 Å². The lowest BCUT2D eigenvalue weighted by molar-refractivity contribution is -0.708. The van der Waals surface area contributed by atoms with E-state index < -0.39 is 0 Å². The summed E-state index contributed by atoms with van der Waals surface area (Å²) in [4.78, 5) is 0. The van der Waals surface area contributed by atoms with E-state index in [1.807, 2.05) is 0 Å². The number of unbranched alkanes of at least 4 members (excludes halogenated alkanes) is 8. The first-order valence-corrected chi connectivity index (χ1v) is 17.0. The molecule has 200 valence electrons. The number of hydrogen-bond acceptors (Lipinski definition) is 0. The number of hydrogen-bond donors (Lipinski definition) is 2. The maximum atomic E-state index is 2.87. The van der Waals surface area contributed by atoms with E-state index in [4.69, 9.17) is 0 Å². The molecule has 0 radical (unpaired) electrons. The van der Waals surface area contributed by atoms with Crippen LogP contribution in [0.4, 0.5) is 0 Å². The van der Waals surface area contributed by atoms with Gasteiger partial charge in [0.25, 0.3) is 0 Å². The van der Waals surface area contributed by atoms with Crippen molar-refractivity contribution in [3.63, 3.8) is 0 Å². The van der Waals surface area contributed by atoms with Crippen LogP contribution in [0.25, 0.3) is 0 Å². The van der Waals surface area contributed by atoms with E-state index in [1.54, 1.807) is 5.57 Å². The molecule has 4 atom stereocenters. The van der Waals surface area contributed by atoms with Crippen LogP contribution >= 0.6 is 45.2 Å². The molecule has 4 heteroatoms. The highest BCUT2D eigenvalue weighted by molar-refractivity contribution is 14.1. The largest absolute Gasteiger partial charge is 0.342 e. The Morgan fingerprint density at radius 1 is 0.735 bits per heavy atom. The summed E-state index contributed by atoms with van der Waals surface area (Å²) in [5.41, 5.74) is 2.15. The van der Waals surface area contributed by atoms with Crippen LogP contribution in [0.5, 0.6) is 0 Å². The lowest BCUT2D eigenvalue weighted by Gasteiger charge is -2.47. The third kappa shape index (κ3) is 8.72. The van der Waals surface area contributed by atoms with Crippen molar-refractivity contribution in [3.8, 4) is 0 Å². The van der Waals surface area contributed by atoms with Gasteiger partial charge in [-0.15, -0.1) is 0 Å². The minimum atomic E-state index is 0.164. The number of likely N-dealkylation sites (N-methyl/N-ethyl adjacent to an activating group) is 1.